The lowest BCUT2D eigenvalue weighted by Crippen LogP contribution is -2.36. The number of H-pyrrole nitrogens is 2. The van der Waals surface area contributed by atoms with Gasteiger partial charge in [-0.25, -0.2) is 4.98 Å². The zero-order chi connectivity index (χ0) is 14.3. The van der Waals surface area contributed by atoms with Gasteiger partial charge in [-0.15, -0.1) is 0 Å². The van der Waals surface area contributed by atoms with E-state index in [9.17, 15) is 15.0 Å². The molecule has 8 heteroatoms. The van der Waals surface area contributed by atoms with Gasteiger partial charge in [0.2, 0.25) is 0 Å². The molecule has 4 atom stereocenters. The number of nitrogens with one attached hydrogen (secondary N) is 3. The molecule has 0 aromatic carbocycles. The maximum atomic E-state index is 11.6. The lowest BCUT2D eigenvalue weighted by Gasteiger charge is -2.14. The van der Waals surface area contributed by atoms with Gasteiger partial charge in [-0.1, -0.05) is 0 Å². The summed E-state index contributed by atoms with van der Waals surface area (Å²) in [6.45, 7) is 0.283. The van der Waals surface area contributed by atoms with E-state index in [1.165, 1.54) is 13.4 Å². The maximum absolute atomic E-state index is 11.6. The van der Waals surface area contributed by atoms with Crippen molar-refractivity contribution >= 4 is 11.0 Å². The molecule has 0 amide bonds. The first-order chi connectivity index (χ1) is 9.63. The summed E-state index contributed by atoms with van der Waals surface area (Å²) in [4.78, 5) is 21.1. The van der Waals surface area contributed by atoms with E-state index in [4.69, 9.17) is 4.74 Å². The topological polar surface area (TPSA) is 123 Å². The number of hydrogen-bond donors (Lipinski definition) is 5. The molecule has 0 radical (unpaired) electrons. The molecule has 1 saturated heterocycles. The van der Waals surface area contributed by atoms with E-state index in [2.05, 4.69) is 20.3 Å². The van der Waals surface area contributed by atoms with Gasteiger partial charge in [0.05, 0.1) is 31.1 Å². The van der Waals surface area contributed by atoms with Crippen molar-refractivity contribution in [2.75, 3.05) is 13.7 Å². The average molecular weight is 280 g/mol. The van der Waals surface area contributed by atoms with Gasteiger partial charge < -0.3 is 30.2 Å². The number of ether oxygens (including phenoxy) is 1. The lowest BCUT2D eigenvalue weighted by molar-refractivity contribution is 0.0149. The summed E-state index contributed by atoms with van der Waals surface area (Å²) >= 11 is 0. The first-order valence-electron chi connectivity index (χ1n) is 6.29. The number of aliphatic hydroxyl groups is 2. The number of aliphatic hydroxyl groups excluding tert-OH is 2. The summed E-state index contributed by atoms with van der Waals surface area (Å²) in [5.74, 6) is 0. The molecule has 2 aromatic rings. The summed E-state index contributed by atoms with van der Waals surface area (Å²) in [5.41, 5.74) is 1.20. The molecule has 1 aliphatic rings. The summed E-state index contributed by atoms with van der Waals surface area (Å²) < 4.78 is 5.00. The highest BCUT2D eigenvalue weighted by atomic mass is 16.5. The summed E-state index contributed by atoms with van der Waals surface area (Å²) in [5, 5.41) is 23.3. The van der Waals surface area contributed by atoms with Crippen LogP contribution in [0.5, 0.6) is 0 Å². The number of fused-ring (bicyclic) bond motifs is 1. The Morgan fingerprint density at radius 1 is 1.35 bits per heavy atom. The number of nitrogens with zero attached hydrogens (tertiary/aromatic N) is 1. The zero-order valence-electron chi connectivity index (χ0n) is 10.8. The minimum absolute atomic E-state index is 0.275. The van der Waals surface area contributed by atoms with E-state index < -0.39 is 18.2 Å². The van der Waals surface area contributed by atoms with Crippen molar-refractivity contribution in [3.63, 3.8) is 0 Å². The van der Waals surface area contributed by atoms with Gasteiger partial charge in [0, 0.05) is 18.9 Å². The molecule has 20 heavy (non-hydrogen) atoms. The van der Waals surface area contributed by atoms with Crippen LogP contribution in [0.25, 0.3) is 11.0 Å². The molecular weight excluding hydrogens is 264 g/mol. The second-order valence-electron chi connectivity index (χ2n) is 4.89. The molecule has 108 valence electrons. The quantitative estimate of drug-likeness (QED) is 0.473. The predicted octanol–water partition coefficient (Wildman–Crippen LogP) is -1.37. The number of aromatic amines is 2. The zero-order valence-corrected chi connectivity index (χ0v) is 10.8. The van der Waals surface area contributed by atoms with E-state index in [-0.39, 0.29) is 18.2 Å². The molecule has 8 nitrogen and oxygen atoms in total. The summed E-state index contributed by atoms with van der Waals surface area (Å²) in [6.07, 6.45) is 1.00. The summed E-state index contributed by atoms with van der Waals surface area (Å²) in [6, 6.07) is -0.875. The van der Waals surface area contributed by atoms with Crippen molar-refractivity contribution < 1.29 is 14.9 Å². The Hall–Kier alpha value is -1.74. The largest absolute Gasteiger partial charge is 0.389 e. The molecular formula is C12H16N4O4. The fourth-order valence-corrected chi connectivity index (χ4v) is 2.67. The van der Waals surface area contributed by atoms with E-state index in [0.717, 1.165) is 0 Å². The first-order valence-corrected chi connectivity index (χ1v) is 6.29. The number of aromatic nitrogens is 3. The highest BCUT2D eigenvalue weighted by Crippen LogP contribution is 2.30. The minimum Gasteiger partial charge on any atom is -0.389 e. The molecule has 1 aliphatic heterocycles. The van der Waals surface area contributed by atoms with Gasteiger partial charge >= 0.3 is 0 Å². The van der Waals surface area contributed by atoms with E-state index in [1.807, 2.05) is 0 Å². The van der Waals surface area contributed by atoms with Gasteiger partial charge in [0.15, 0.2) is 0 Å². The van der Waals surface area contributed by atoms with Crippen LogP contribution in [0.3, 0.4) is 0 Å². The van der Waals surface area contributed by atoms with E-state index in [0.29, 0.717) is 16.6 Å². The molecule has 3 rings (SSSR count). The predicted molar refractivity (Wildman–Crippen MR) is 70.3 cm³/mol. The molecule has 1 fully saturated rings. The van der Waals surface area contributed by atoms with E-state index in [1.54, 1.807) is 6.20 Å². The highest BCUT2D eigenvalue weighted by molar-refractivity contribution is 5.78. The molecule has 5 N–H and O–H groups in total. The lowest BCUT2D eigenvalue weighted by atomic mass is 10.0. The second kappa shape index (κ2) is 4.98. The van der Waals surface area contributed by atoms with Crippen molar-refractivity contribution in [1.82, 2.24) is 20.3 Å². The van der Waals surface area contributed by atoms with Gasteiger partial charge in [-0.3, -0.25) is 4.79 Å². The first kappa shape index (κ1) is 13.3. The van der Waals surface area contributed by atoms with Crippen molar-refractivity contribution in [2.24, 2.45) is 0 Å². The number of hydrogen-bond acceptors (Lipinski definition) is 6. The van der Waals surface area contributed by atoms with Crippen LogP contribution in [0, 0.1) is 0 Å². The number of rotatable bonds is 3. The SMILES string of the molecule is COC[C@H]1N[C@@H](c2c[nH]c3c(=O)[nH]cnc23)[C@H](O)[C@@H]1O. The van der Waals surface area contributed by atoms with Crippen LogP contribution >= 0.6 is 0 Å². The molecule has 0 bridgehead atoms. The Morgan fingerprint density at radius 3 is 2.90 bits per heavy atom. The fraction of sp³-hybridized carbons (Fsp3) is 0.500. The van der Waals surface area contributed by atoms with Crippen molar-refractivity contribution in [2.45, 2.75) is 24.3 Å². The smallest absolute Gasteiger partial charge is 0.275 e. The minimum atomic E-state index is -0.991. The van der Waals surface area contributed by atoms with Crippen LogP contribution in [0.15, 0.2) is 17.3 Å². The van der Waals surface area contributed by atoms with Crippen molar-refractivity contribution in [3.05, 3.63) is 28.4 Å². The standard InChI is InChI=1S/C12H16N4O4/c1-20-3-6-10(17)11(18)8(16-6)5-2-13-9-7(5)14-4-15-12(9)19/h2,4,6,8,10-11,13,16-18H,3H2,1H3,(H,14,15,19)/t6-,8+,10-,11+/m1/s1. The normalized spacial score (nSPS) is 30.1. The molecule has 0 aliphatic carbocycles. The van der Waals surface area contributed by atoms with Crippen molar-refractivity contribution in [1.29, 1.82) is 0 Å². The Labute approximate surface area is 113 Å². The third kappa shape index (κ3) is 1.93. The van der Waals surface area contributed by atoms with Crippen LogP contribution in [0.4, 0.5) is 0 Å². The molecule has 2 aromatic heterocycles. The van der Waals surface area contributed by atoms with Gasteiger partial charge in [-0.05, 0) is 0 Å². The monoisotopic (exact) mass is 280 g/mol. The molecule has 0 unspecified atom stereocenters. The van der Waals surface area contributed by atoms with Crippen LogP contribution in [-0.2, 0) is 4.74 Å². The van der Waals surface area contributed by atoms with Gasteiger partial charge in [-0.2, -0.15) is 0 Å². The van der Waals surface area contributed by atoms with E-state index >= 15 is 0 Å². The molecule has 3 heterocycles. The Morgan fingerprint density at radius 2 is 2.15 bits per heavy atom. The fourth-order valence-electron chi connectivity index (χ4n) is 2.67. The summed E-state index contributed by atoms with van der Waals surface area (Å²) in [7, 11) is 1.53. The van der Waals surface area contributed by atoms with Crippen LogP contribution < -0.4 is 10.9 Å². The van der Waals surface area contributed by atoms with Gasteiger partial charge in [0.1, 0.15) is 17.1 Å². The third-order valence-corrected chi connectivity index (χ3v) is 3.68. The Kier molecular flexibility index (Phi) is 3.30. The Balaban J connectivity index is 1.99. The molecule has 0 spiro atoms. The molecule has 0 saturated carbocycles. The Bertz CT molecular complexity index is 667. The van der Waals surface area contributed by atoms with Crippen LogP contribution in [0.1, 0.15) is 11.6 Å². The van der Waals surface area contributed by atoms with Crippen LogP contribution in [-0.4, -0.2) is 57.1 Å². The average Bonchev–Trinajstić information content (AvgIpc) is 2.97. The van der Waals surface area contributed by atoms with Gasteiger partial charge in [0.25, 0.3) is 5.56 Å². The maximum Gasteiger partial charge on any atom is 0.275 e. The third-order valence-electron chi connectivity index (χ3n) is 3.68. The highest BCUT2D eigenvalue weighted by Gasteiger charge is 2.42. The van der Waals surface area contributed by atoms with Crippen molar-refractivity contribution in [3.8, 4) is 0 Å². The van der Waals surface area contributed by atoms with Crippen LogP contribution in [0.2, 0.25) is 0 Å². The number of methoxy groups -OCH3 is 1. The second-order valence-corrected chi connectivity index (χ2v) is 4.89.